The number of aliphatic carboxylic acids is 1. The first-order valence-corrected chi connectivity index (χ1v) is 12.9. The van der Waals surface area contributed by atoms with Crippen molar-refractivity contribution in [3.63, 3.8) is 0 Å². The van der Waals surface area contributed by atoms with Gasteiger partial charge in [-0.3, -0.25) is 9.69 Å². The fourth-order valence-corrected chi connectivity index (χ4v) is 4.79. The number of carboxylic acid groups (broad SMARTS) is 1. The summed E-state index contributed by atoms with van der Waals surface area (Å²) >= 11 is 0. The lowest BCUT2D eigenvalue weighted by Gasteiger charge is -2.36. The van der Waals surface area contributed by atoms with Gasteiger partial charge >= 0.3 is 5.97 Å². The summed E-state index contributed by atoms with van der Waals surface area (Å²) in [6, 6.07) is 17.8. The Balaban J connectivity index is 1.49. The molecule has 194 valence electrons. The van der Waals surface area contributed by atoms with Gasteiger partial charge in [0.05, 0.1) is 19.1 Å². The van der Waals surface area contributed by atoms with Gasteiger partial charge in [-0.05, 0) is 54.0 Å². The van der Waals surface area contributed by atoms with Crippen molar-refractivity contribution < 1.29 is 24.1 Å². The summed E-state index contributed by atoms with van der Waals surface area (Å²) in [4.78, 5) is 13.5. The zero-order chi connectivity index (χ0) is 25.9. The number of carbonyl (C=O) groups is 1. The Morgan fingerprint density at radius 1 is 1.14 bits per heavy atom. The van der Waals surface area contributed by atoms with E-state index in [1.54, 1.807) is 30.9 Å². The zero-order valence-electron chi connectivity index (χ0n) is 21.3. The van der Waals surface area contributed by atoms with E-state index in [2.05, 4.69) is 54.3 Å². The van der Waals surface area contributed by atoms with Crippen LogP contribution >= 0.6 is 0 Å². The van der Waals surface area contributed by atoms with Crippen molar-refractivity contribution in [1.82, 2.24) is 4.90 Å². The van der Waals surface area contributed by atoms with Gasteiger partial charge in [-0.1, -0.05) is 67.6 Å². The SMILES string of the molecule is C[C@@H](CN(CCCOc1cccc(CC(=O)O)c1)C(C1=CC=CCC1)C1=COC=CO1)c1ccccc1. The number of ether oxygens (including phenoxy) is 3. The molecule has 0 fully saturated rings. The highest BCUT2D eigenvalue weighted by Gasteiger charge is 2.30. The van der Waals surface area contributed by atoms with Crippen LogP contribution in [-0.4, -0.2) is 41.7 Å². The van der Waals surface area contributed by atoms with Gasteiger partial charge in [0, 0.05) is 13.1 Å². The second kappa shape index (κ2) is 13.5. The molecule has 1 N–H and O–H groups in total. The Morgan fingerprint density at radius 3 is 2.73 bits per heavy atom. The Labute approximate surface area is 219 Å². The normalized spacial score (nSPS) is 16.3. The van der Waals surface area contributed by atoms with Gasteiger partial charge < -0.3 is 19.3 Å². The highest BCUT2D eigenvalue weighted by molar-refractivity contribution is 5.70. The number of nitrogens with zero attached hydrogens (tertiary/aromatic N) is 1. The molecule has 4 rings (SSSR count). The van der Waals surface area contributed by atoms with Crippen LogP contribution in [0.4, 0.5) is 0 Å². The highest BCUT2D eigenvalue weighted by Crippen LogP contribution is 2.30. The van der Waals surface area contributed by atoms with Crippen LogP contribution in [0.25, 0.3) is 0 Å². The smallest absolute Gasteiger partial charge is 0.307 e. The minimum Gasteiger partial charge on any atom is -0.494 e. The molecule has 2 aromatic rings. The van der Waals surface area contributed by atoms with Gasteiger partial charge in [0.15, 0.2) is 5.76 Å². The third-order valence-corrected chi connectivity index (χ3v) is 6.54. The largest absolute Gasteiger partial charge is 0.494 e. The quantitative estimate of drug-likeness (QED) is 0.330. The molecule has 0 amide bonds. The predicted molar refractivity (Wildman–Crippen MR) is 144 cm³/mol. The van der Waals surface area contributed by atoms with Gasteiger partial charge in [0.25, 0.3) is 0 Å². The molecule has 37 heavy (non-hydrogen) atoms. The Morgan fingerprint density at radius 2 is 2.00 bits per heavy atom. The topological polar surface area (TPSA) is 68.2 Å². The lowest BCUT2D eigenvalue weighted by molar-refractivity contribution is -0.136. The first-order valence-electron chi connectivity index (χ1n) is 12.9. The van der Waals surface area contributed by atoms with E-state index >= 15 is 0 Å². The molecule has 0 aromatic heterocycles. The zero-order valence-corrected chi connectivity index (χ0v) is 21.3. The molecular weight excluding hydrogens is 466 g/mol. The summed E-state index contributed by atoms with van der Waals surface area (Å²) in [5.74, 6) is 0.942. The molecule has 0 saturated carbocycles. The van der Waals surface area contributed by atoms with Crippen molar-refractivity contribution in [3.05, 3.63) is 114 Å². The molecule has 6 heteroatoms. The van der Waals surface area contributed by atoms with E-state index in [0.717, 1.165) is 43.7 Å². The second-order valence-electron chi connectivity index (χ2n) is 9.38. The maximum Gasteiger partial charge on any atom is 0.307 e. The molecule has 1 aliphatic carbocycles. The summed E-state index contributed by atoms with van der Waals surface area (Å²) in [5, 5.41) is 9.07. The standard InChI is InChI=1S/C31H35NO5/c1-24(26-11-4-2-5-12-26)22-32(16-9-17-36-28-15-8-10-25(20-28)21-30(33)34)31(27-13-6-3-7-14-27)29-23-35-18-19-37-29/h2-6,8,10-13,15,18-20,23-24,31H,7,9,14,16-17,21-22H2,1H3,(H,33,34)/t24-,31?/m0/s1. The van der Waals surface area contributed by atoms with Gasteiger partial charge in [0.2, 0.25) is 0 Å². The van der Waals surface area contributed by atoms with Crippen molar-refractivity contribution in [2.24, 2.45) is 0 Å². The molecule has 2 aromatic carbocycles. The number of hydrogen-bond acceptors (Lipinski definition) is 5. The third-order valence-electron chi connectivity index (χ3n) is 6.54. The molecule has 6 nitrogen and oxygen atoms in total. The lowest BCUT2D eigenvalue weighted by Crippen LogP contribution is -2.42. The first-order chi connectivity index (χ1) is 18.1. The van der Waals surface area contributed by atoms with E-state index in [1.807, 2.05) is 18.2 Å². The molecule has 2 aliphatic rings. The van der Waals surface area contributed by atoms with Crippen molar-refractivity contribution >= 4 is 5.97 Å². The number of carboxylic acids is 1. The van der Waals surface area contributed by atoms with Gasteiger partial charge in [-0.15, -0.1) is 0 Å². The van der Waals surface area contributed by atoms with E-state index in [-0.39, 0.29) is 12.5 Å². The minimum absolute atomic E-state index is 0.0147. The summed E-state index contributed by atoms with van der Waals surface area (Å²) in [6.07, 6.45) is 14.1. The van der Waals surface area contributed by atoms with E-state index in [0.29, 0.717) is 18.3 Å². The molecule has 0 spiro atoms. The average Bonchev–Trinajstić information content (AvgIpc) is 2.92. The molecular formula is C31H35NO5. The molecule has 1 unspecified atom stereocenters. The maximum absolute atomic E-state index is 11.0. The van der Waals surface area contributed by atoms with E-state index in [9.17, 15) is 4.79 Å². The number of allylic oxidation sites excluding steroid dienone is 3. The van der Waals surface area contributed by atoms with Crippen LogP contribution < -0.4 is 4.74 Å². The van der Waals surface area contributed by atoms with Crippen molar-refractivity contribution in [3.8, 4) is 5.75 Å². The third kappa shape index (κ3) is 7.86. The number of hydrogen-bond donors (Lipinski definition) is 1. The summed E-state index contributed by atoms with van der Waals surface area (Å²) in [5.41, 5.74) is 3.33. The van der Waals surface area contributed by atoms with Crippen molar-refractivity contribution in [2.75, 3.05) is 19.7 Å². The Bertz CT molecular complexity index is 1150. The minimum atomic E-state index is -0.851. The van der Waals surface area contributed by atoms with E-state index in [1.165, 1.54) is 11.1 Å². The van der Waals surface area contributed by atoms with Crippen LogP contribution in [0.2, 0.25) is 0 Å². The summed E-state index contributed by atoms with van der Waals surface area (Å²) in [6.45, 7) is 4.41. The Kier molecular flexibility index (Phi) is 9.60. The van der Waals surface area contributed by atoms with Crippen LogP contribution in [-0.2, 0) is 20.7 Å². The first kappa shape index (κ1) is 26.3. The van der Waals surface area contributed by atoms with Crippen LogP contribution in [0.1, 0.15) is 43.2 Å². The van der Waals surface area contributed by atoms with Gasteiger partial charge in [0.1, 0.15) is 24.5 Å². The van der Waals surface area contributed by atoms with Crippen molar-refractivity contribution in [1.29, 1.82) is 0 Å². The fraction of sp³-hybridized carbons (Fsp3) is 0.323. The van der Waals surface area contributed by atoms with Crippen LogP contribution in [0.5, 0.6) is 5.75 Å². The predicted octanol–water partition coefficient (Wildman–Crippen LogP) is 6.19. The van der Waals surface area contributed by atoms with E-state index in [4.69, 9.17) is 19.3 Å². The highest BCUT2D eigenvalue weighted by atomic mass is 16.5. The number of rotatable bonds is 13. The maximum atomic E-state index is 11.0. The average molecular weight is 502 g/mol. The monoisotopic (exact) mass is 501 g/mol. The van der Waals surface area contributed by atoms with E-state index < -0.39 is 5.97 Å². The molecule has 1 aliphatic heterocycles. The molecule has 1 heterocycles. The van der Waals surface area contributed by atoms with Crippen LogP contribution in [0, 0.1) is 0 Å². The summed E-state index contributed by atoms with van der Waals surface area (Å²) in [7, 11) is 0. The lowest BCUT2D eigenvalue weighted by atomic mass is 9.93. The van der Waals surface area contributed by atoms with Gasteiger partial charge in [-0.2, -0.15) is 0 Å². The van der Waals surface area contributed by atoms with Gasteiger partial charge in [-0.25, -0.2) is 0 Å². The second-order valence-corrected chi connectivity index (χ2v) is 9.38. The molecule has 0 bridgehead atoms. The van der Waals surface area contributed by atoms with Crippen LogP contribution in [0.15, 0.2) is 103 Å². The molecule has 0 radical (unpaired) electrons. The number of benzene rings is 2. The molecule has 0 saturated heterocycles. The summed E-state index contributed by atoms with van der Waals surface area (Å²) < 4.78 is 17.5. The van der Waals surface area contributed by atoms with Crippen LogP contribution in [0.3, 0.4) is 0 Å². The fourth-order valence-electron chi connectivity index (χ4n) is 4.79. The molecule has 2 atom stereocenters. The Hall–Kier alpha value is -3.77. The van der Waals surface area contributed by atoms with Crippen molar-refractivity contribution in [2.45, 2.75) is 44.6 Å².